The summed E-state index contributed by atoms with van der Waals surface area (Å²) in [7, 11) is -2.25. The largest absolute Gasteiger partial charge is 0.497 e. The first-order valence-electron chi connectivity index (χ1n) is 7.37. The van der Waals surface area contributed by atoms with Crippen LogP contribution in [-0.4, -0.2) is 45.5 Å². The molecule has 0 saturated carbocycles. The van der Waals surface area contributed by atoms with Gasteiger partial charge in [0.15, 0.2) is 0 Å². The SMILES string of the molecule is COc1cccc(S(=O)(=O)NCC(=O)N2CCCC[C@H]2C)c1. The summed E-state index contributed by atoms with van der Waals surface area (Å²) >= 11 is 0. The fraction of sp³-hybridized carbons (Fsp3) is 0.533. The fourth-order valence-corrected chi connectivity index (χ4v) is 3.59. The van der Waals surface area contributed by atoms with Gasteiger partial charge in [-0.15, -0.1) is 0 Å². The Kier molecular flexibility index (Phi) is 5.42. The minimum absolute atomic E-state index is 0.0892. The number of hydrogen-bond donors (Lipinski definition) is 1. The van der Waals surface area contributed by atoms with Crippen molar-refractivity contribution in [1.82, 2.24) is 9.62 Å². The van der Waals surface area contributed by atoms with Gasteiger partial charge in [0.25, 0.3) is 0 Å². The maximum atomic E-state index is 12.2. The number of carbonyl (C=O) groups is 1. The Morgan fingerprint density at radius 1 is 1.41 bits per heavy atom. The van der Waals surface area contributed by atoms with Crippen LogP contribution in [0.4, 0.5) is 0 Å². The van der Waals surface area contributed by atoms with E-state index >= 15 is 0 Å². The van der Waals surface area contributed by atoms with Crippen LogP contribution < -0.4 is 9.46 Å². The molecule has 1 aromatic rings. The zero-order chi connectivity index (χ0) is 16.2. The summed E-state index contributed by atoms with van der Waals surface area (Å²) in [6, 6.07) is 6.33. The molecular weight excluding hydrogens is 304 g/mol. The second-order valence-electron chi connectivity index (χ2n) is 5.44. The molecule has 1 amide bonds. The van der Waals surface area contributed by atoms with Crippen LogP contribution in [0.1, 0.15) is 26.2 Å². The van der Waals surface area contributed by atoms with Gasteiger partial charge in [-0.05, 0) is 38.3 Å². The van der Waals surface area contributed by atoms with Crippen LogP contribution in [0.25, 0.3) is 0 Å². The molecule has 7 heteroatoms. The first kappa shape index (κ1) is 16.8. The lowest BCUT2D eigenvalue weighted by Gasteiger charge is -2.33. The van der Waals surface area contributed by atoms with Crippen molar-refractivity contribution in [1.29, 1.82) is 0 Å². The molecular formula is C15H22N2O4S. The summed E-state index contributed by atoms with van der Waals surface area (Å²) in [6.07, 6.45) is 3.05. The molecule has 1 N–H and O–H groups in total. The van der Waals surface area contributed by atoms with Gasteiger partial charge in [-0.25, -0.2) is 13.1 Å². The van der Waals surface area contributed by atoms with Crippen LogP contribution >= 0.6 is 0 Å². The molecule has 22 heavy (non-hydrogen) atoms. The number of hydrogen-bond acceptors (Lipinski definition) is 4. The van der Waals surface area contributed by atoms with Gasteiger partial charge in [-0.1, -0.05) is 6.07 Å². The third-order valence-electron chi connectivity index (χ3n) is 3.89. The quantitative estimate of drug-likeness (QED) is 0.887. The van der Waals surface area contributed by atoms with Gasteiger partial charge in [0.05, 0.1) is 18.6 Å². The zero-order valence-corrected chi connectivity index (χ0v) is 13.7. The van der Waals surface area contributed by atoms with Crippen LogP contribution in [0, 0.1) is 0 Å². The number of likely N-dealkylation sites (tertiary alicyclic amines) is 1. The number of amides is 1. The molecule has 0 unspecified atom stereocenters. The van der Waals surface area contributed by atoms with Crippen molar-refractivity contribution in [3.8, 4) is 5.75 Å². The van der Waals surface area contributed by atoms with Gasteiger partial charge >= 0.3 is 0 Å². The van der Waals surface area contributed by atoms with E-state index in [0.29, 0.717) is 12.3 Å². The molecule has 1 saturated heterocycles. The lowest BCUT2D eigenvalue weighted by molar-refractivity contribution is -0.133. The summed E-state index contributed by atoms with van der Waals surface area (Å²) in [5.74, 6) is 0.275. The first-order chi connectivity index (χ1) is 10.4. The summed E-state index contributed by atoms with van der Waals surface area (Å²) < 4.78 is 31.9. The highest BCUT2D eigenvalue weighted by Crippen LogP contribution is 2.18. The third-order valence-corrected chi connectivity index (χ3v) is 5.29. The van der Waals surface area contributed by atoms with E-state index in [2.05, 4.69) is 4.72 Å². The highest BCUT2D eigenvalue weighted by atomic mass is 32.2. The van der Waals surface area contributed by atoms with Gasteiger partial charge in [0.2, 0.25) is 15.9 Å². The molecule has 1 aromatic carbocycles. The highest BCUT2D eigenvalue weighted by Gasteiger charge is 2.24. The second-order valence-corrected chi connectivity index (χ2v) is 7.20. The molecule has 0 spiro atoms. The van der Waals surface area contributed by atoms with Gasteiger partial charge < -0.3 is 9.64 Å². The molecule has 1 aliphatic heterocycles. The molecule has 1 aliphatic rings. The van der Waals surface area contributed by atoms with Gasteiger partial charge in [-0.2, -0.15) is 0 Å². The van der Waals surface area contributed by atoms with Crippen LogP contribution in [-0.2, 0) is 14.8 Å². The van der Waals surface area contributed by atoms with Crippen molar-refractivity contribution in [3.63, 3.8) is 0 Å². The summed E-state index contributed by atoms with van der Waals surface area (Å²) in [5.41, 5.74) is 0. The minimum atomic E-state index is -3.72. The lowest BCUT2D eigenvalue weighted by atomic mass is 10.0. The minimum Gasteiger partial charge on any atom is -0.497 e. The van der Waals surface area contributed by atoms with E-state index in [1.54, 1.807) is 17.0 Å². The van der Waals surface area contributed by atoms with Crippen molar-refractivity contribution in [2.45, 2.75) is 37.1 Å². The van der Waals surface area contributed by atoms with Crippen LogP contribution in [0.15, 0.2) is 29.2 Å². The Balaban J connectivity index is 2.01. The standard InChI is InChI=1S/C15H22N2O4S/c1-12-6-3-4-9-17(12)15(18)11-16-22(19,20)14-8-5-7-13(10-14)21-2/h5,7-8,10,12,16H,3-4,6,9,11H2,1-2H3/t12-/m1/s1. The molecule has 2 rings (SSSR count). The summed E-state index contributed by atoms with van der Waals surface area (Å²) in [6.45, 7) is 2.47. The molecule has 1 heterocycles. The number of nitrogens with zero attached hydrogens (tertiary/aromatic N) is 1. The number of piperidine rings is 1. The van der Waals surface area contributed by atoms with E-state index in [0.717, 1.165) is 19.3 Å². The smallest absolute Gasteiger partial charge is 0.241 e. The van der Waals surface area contributed by atoms with Crippen molar-refractivity contribution >= 4 is 15.9 Å². The van der Waals surface area contributed by atoms with E-state index in [1.807, 2.05) is 6.92 Å². The van der Waals surface area contributed by atoms with Crippen LogP contribution in [0.3, 0.4) is 0 Å². The number of rotatable bonds is 5. The Hall–Kier alpha value is -1.60. The fourth-order valence-electron chi connectivity index (χ4n) is 2.58. The van der Waals surface area contributed by atoms with E-state index in [9.17, 15) is 13.2 Å². The molecule has 1 atom stereocenters. The predicted molar refractivity (Wildman–Crippen MR) is 83.2 cm³/mol. The van der Waals surface area contributed by atoms with Crippen molar-refractivity contribution in [3.05, 3.63) is 24.3 Å². The first-order valence-corrected chi connectivity index (χ1v) is 8.85. The topological polar surface area (TPSA) is 75.7 Å². The van der Waals surface area contributed by atoms with E-state index in [4.69, 9.17) is 4.74 Å². The number of nitrogens with one attached hydrogen (secondary N) is 1. The molecule has 0 bridgehead atoms. The Bertz CT molecular complexity index is 630. The van der Waals surface area contributed by atoms with Gasteiger partial charge in [0.1, 0.15) is 5.75 Å². The molecule has 6 nitrogen and oxygen atoms in total. The predicted octanol–water partition coefficient (Wildman–Crippen LogP) is 1.37. The number of carbonyl (C=O) groups excluding carboxylic acids is 1. The molecule has 0 aromatic heterocycles. The van der Waals surface area contributed by atoms with Crippen molar-refractivity contribution in [2.24, 2.45) is 0 Å². The molecule has 122 valence electrons. The third kappa shape index (κ3) is 3.98. The number of benzene rings is 1. The average molecular weight is 326 g/mol. The molecule has 0 radical (unpaired) electrons. The summed E-state index contributed by atoms with van der Waals surface area (Å²) in [5, 5.41) is 0. The molecule has 0 aliphatic carbocycles. The van der Waals surface area contributed by atoms with Crippen LogP contribution in [0.5, 0.6) is 5.75 Å². The monoisotopic (exact) mass is 326 g/mol. The maximum Gasteiger partial charge on any atom is 0.241 e. The lowest BCUT2D eigenvalue weighted by Crippen LogP contribution is -2.46. The molecule has 1 fully saturated rings. The normalized spacial score (nSPS) is 19.0. The van der Waals surface area contributed by atoms with Gasteiger partial charge in [-0.3, -0.25) is 4.79 Å². The van der Waals surface area contributed by atoms with E-state index in [-0.39, 0.29) is 23.4 Å². The van der Waals surface area contributed by atoms with Gasteiger partial charge in [0, 0.05) is 18.7 Å². The Morgan fingerprint density at radius 3 is 2.86 bits per heavy atom. The number of sulfonamides is 1. The van der Waals surface area contributed by atoms with E-state index < -0.39 is 10.0 Å². The van der Waals surface area contributed by atoms with Crippen LogP contribution in [0.2, 0.25) is 0 Å². The second kappa shape index (κ2) is 7.11. The average Bonchev–Trinajstić information content (AvgIpc) is 2.53. The van der Waals surface area contributed by atoms with Crippen molar-refractivity contribution < 1.29 is 17.9 Å². The van der Waals surface area contributed by atoms with Crippen molar-refractivity contribution in [2.75, 3.05) is 20.2 Å². The highest BCUT2D eigenvalue weighted by molar-refractivity contribution is 7.89. The zero-order valence-electron chi connectivity index (χ0n) is 12.9. The number of methoxy groups -OCH3 is 1. The maximum absolute atomic E-state index is 12.2. The summed E-state index contributed by atoms with van der Waals surface area (Å²) in [4.78, 5) is 14.0. The number of ether oxygens (including phenoxy) is 1. The Labute approximate surface area is 131 Å². The van der Waals surface area contributed by atoms with E-state index in [1.165, 1.54) is 19.2 Å². The Morgan fingerprint density at radius 2 is 2.18 bits per heavy atom.